The maximum atomic E-state index is 12.6. The molecule has 142 valence electrons. The van der Waals surface area contributed by atoms with Crippen molar-refractivity contribution in [2.45, 2.75) is 52.1 Å². The molecule has 0 atom stereocenters. The van der Waals surface area contributed by atoms with Crippen LogP contribution in [0.5, 0.6) is 0 Å². The van der Waals surface area contributed by atoms with Gasteiger partial charge in [0.15, 0.2) is 5.82 Å². The van der Waals surface area contributed by atoms with Crippen LogP contribution in [0.2, 0.25) is 0 Å². The van der Waals surface area contributed by atoms with Gasteiger partial charge < -0.3 is 9.84 Å². The third kappa shape index (κ3) is 3.62. The number of aryl methyl sites for hydroxylation is 1. The first-order valence-electron chi connectivity index (χ1n) is 8.88. The Morgan fingerprint density at radius 2 is 1.74 bits per heavy atom. The van der Waals surface area contributed by atoms with Crippen LogP contribution in [0.3, 0.4) is 0 Å². The van der Waals surface area contributed by atoms with Crippen LogP contribution in [0.15, 0.2) is 24.5 Å². The van der Waals surface area contributed by atoms with E-state index >= 15 is 0 Å². The number of hydrogen-bond acceptors (Lipinski definition) is 5. The van der Waals surface area contributed by atoms with Gasteiger partial charge in [-0.2, -0.15) is 0 Å². The Morgan fingerprint density at radius 3 is 2.33 bits per heavy atom. The monoisotopic (exact) mass is 368 g/mol. The molecule has 1 aliphatic rings. The zero-order chi connectivity index (χ0) is 20.0. The molecule has 2 aromatic rings. The molecule has 0 radical (unpaired) electrons. The lowest BCUT2D eigenvalue weighted by Gasteiger charge is -2.42. The van der Waals surface area contributed by atoms with E-state index in [1.165, 1.54) is 5.56 Å². The second-order valence-electron chi connectivity index (χ2n) is 8.21. The van der Waals surface area contributed by atoms with Gasteiger partial charge in [-0.3, -0.25) is 4.79 Å². The molecule has 27 heavy (non-hydrogen) atoms. The quantitative estimate of drug-likeness (QED) is 0.832. The summed E-state index contributed by atoms with van der Waals surface area (Å²) in [7, 11) is 0. The standard InChI is InChI=1S/C21H24N2O4/c1-12-6-16-15(20(2,3)11-27-21(16,4)5)7-13(12)8-17(24)18-22-9-14(10-23-18)19(25)26/h6-7,9-10H,8,11H2,1-5H3,(H,25,26). The molecule has 0 bridgehead atoms. The molecular formula is C21H24N2O4. The SMILES string of the molecule is Cc1cc2c(cc1CC(=O)c1ncc(C(=O)O)cn1)C(C)(C)COC2(C)C. The summed E-state index contributed by atoms with van der Waals surface area (Å²) in [6.45, 7) is 11.0. The predicted octanol–water partition coefficient (Wildman–Crippen LogP) is 3.45. The second kappa shape index (κ2) is 6.53. The van der Waals surface area contributed by atoms with Crippen LogP contribution < -0.4 is 0 Å². The number of Topliss-reactive ketones (excluding diaryl/α,β-unsaturated/α-hetero) is 1. The molecule has 0 unspecified atom stereocenters. The number of fused-ring (bicyclic) bond motifs is 1. The highest BCUT2D eigenvalue weighted by Crippen LogP contribution is 2.42. The third-order valence-electron chi connectivity index (χ3n) is 5.15. The maximum absolute atomic E-state index is 12.6. The summed E-state index contributed by atoms with van der Waals surface area (Å²) in [6.07, 6.45) is 2.49. The van der Waals surface area contributed by atoms with Gasteiger partial charge in [0.25, 0.3) is 0 Å². The fourth-order valence-electron chi connectivity index (χ4n) is 3.35. The highest BCUT2D eigenvalue weighted by molar-refractivity contribution is 5.95. The summed E-state index contributed by atoms with van der Waals surface area (Å²) in [5.41, 5.74) is 3.72. The molecule has 0 aliphatic carbocycles. The number of ether oxygens (including phenoxy) is 1. The molecule has 0 fully saturated rings. The van der Waals surface area contributed by atoms with E-state index < -0.39 is 5.97 Å². The van der Waals surface area contributed by atoms with Crippen molar-refractivity contribution >= 4 is 11.8 Å². The number of aromatic carboxylic acids is 1. The maximum Gasteiger partial charge on any atom is 0.338 e. The highest BCUT2D eigenvalue weighted by Gasteiger charge is 2.38. The van der Waals surface area contributed by atoms with Crippen LogP contribution in [-0.4, -0.2) is 33.4 Å². The average Bonchev–Trinajstić information content (AvgIpc) is 2.60. The van der Waals surface area contributed by atoms with Crippen LogP contribution >= 0.6 is 0 Å². The molecule has 1 aromatic carbocycles. The number of ketones is 1. The summed E-state index contributed by atoms with van der Waals surface area (Å²) < 4.78 is 6.05. The number of nitrogens with zero attached hydrogens (tertiary/aromatic N) is 2. The summed E-state index contributed by atoms with van der Waals surface area (Å²) >= 11 is 0. The van der Waals surface area contributed by atoms with Crippen LogP contribution in [0.4, 0.5) is 0 Å². The molecule has 1 aliphatic heterocycles. The predicted molar refractivity (Wildman–Crippen MR) is 100 cm³/mol. The Bertz CT molecular complexity index is 915. The number of carbonyl (C=O) groups is 2. The number of rotatable bonds is 4. The smallest absolute Gasteiger partial charge is 0.338 e. The van der Waals surface area contributed by atoms with E-state index in [0.717, 1.165) is 29.1 Å². The van der Waals surface area contributed by atoms with Crippen molar-refractivity contribution in [2.75, 3.05) is 6.61 Å². The van der Waals surface area contributed by atoms with Crippen molar-refractivity contribution in [3.8, 4) is 0 Å². The first-order chi connectivity index (χ1) is 12.5. The second-order valence-corrected chi connectivity index (χ2v) is 8.21. The molecule has 6 nitrogen and oxygen atoms in total. The average molecular weight is 368 g/mol. The Balaban J connectivity index is 1.94. The van der Waals surface area contributed by atoms with Gasteiger partial charge in [-0.15, -0.1) is 0 Å². The van der Waals surface area contributed by atoms with Gasteiger partial charge >= 0.3 is 5.97 Å². The zero-order valence-electron chi connectivity index (χ0n) is 16.3. The van der Waals surface area contributed by atoms with Gasteiger partial charge in [-0.1, -0.05) is 26.0 Å². The lowest BCUT2D eigenvalue weighted by Crippen LogP contribution is -2.40. The van der Waals surface area contributed by atoms with Crippen molar-refractivity contribution in [3.05, 3.63) is 58.2 Å². The van der Waals surface area contributed by atoms with Crippen molar-refractivity contribution in [1.29, 1.82) is 0 Å². The molecular weight excluding hydrogens is 344 g/mol. The Morgan fingerprint density at radius 1 is 1.11 bits per heavy atom. The zero-order valence-corrected chi connectivity index (χ0v) is 16.3. The molecule has 6 heteroatoms. The van der Waals surface area contributed by atoms with E-state index in [1.807, 2.05) is 6.92 Å². The summed E-state index contributed by atoms with van der Waals surface area (Å²) in [4.78, 5) is 31.3. The van der Waals surface area contributed by atoms with Crippen LogP contribution in [0, 0.1) is 6.92 Å². The Labute approximate surface area is 158 Å². The van der Waals surface area contributed by atoms with Gasteiger partial charge in [-0.05, 0) is 43.0 Å². The Hall–Kier alpha value is -2.60. The summed E-state index contributed by atoms with van der Waals surface area (Å²) in [6, 6.07) is 4.20. The van der Waals surface area contributed by atoms with Crippen molar-refractivity contribution in [3.63, 3.8) is 0 Å². The van der Waals surface area contributed by atoms with Crippen molar-refractivity contribution < 1.29 is 19.4 Å². The largest absolute Gasteiger partial charge is 0.478 e. The highest BCUT2D eigenvalue weighted by atomic mass is 16.5. The van der Waals surface area contributed by atoms with E-state index in [1.54, 1.807) is 0 Å². The van der Waals surface area contributed by atoms with E-state index in [9.17, 15) is 9.59 Å². The van der Waals surface area contributed by atoms with Gasteiger partial charge in [0.1, 0.15) is 0 Å². The molecule has 1 N–H and O–H groups in total. The minimum atomic E-state index is -1.12. The first-order valence-corrected chi connectivity index (χ1v) is 8.88. The minimum Gasteiger partial charge on any atom is -0.478 e. The summed E-state index contributed by atoms with van der Waals surface area (Å²) in [5.74, 6) is -1.33. The minimum absolute atomic E-state index is 0.0278. The number of carboxylic acids is 1. The van der Waals surface area contributed by atoms with E-state index in [-0.39, 0.29) is 34.6 Å². The molecule has 0 saturated heterocycles. The number of carbonyl (C=O) groups excluding carboxylic acids is 1. The number of hydrogen-bond donors (Lipinski definition) is 1. The fraction of sp³-hybridized carbons (Fsp3) is 0.429. The van der Waals surface area contributed by atoms with Crippen molar-refractivity contribution in [1.82, 2.24) is 9.97 Å². The molecule has 0 amide bonds. The molecule has 3 rings (SSSR count). The fourth-order valence-corrected chi connectivity index (χ4v) is 3.35. The number of carboxylic acid groups (broad SMARTS) is 1. The molecule has 0 spiro atoms. The summed E-state index contributed by atoms with van der Waals surface area (Å²) in [5, 5.41) is 8.91. The van der Waals surface area contributed by atoms with Gasteiger partial charge in [-0.25, -0.2) is 14.8 Å². The van der Waals surface area contributed by atoms with E-state index in [2.05, 4.69) is 49.8 Å². The van der Waals surface area contributed by atoms with Gasteiger partial charge in [0, 0.05) is 24.2 Å². The lowest BCUT2D eigenvalue weighted by atomic mass is 9.74. The first kappa shape index (κ1) is 19.2. The van der Waals surface area contributed by atoms with Crippen LogP contribution in [0.1, 0.15) is 70.9 Å². The molecule has 1 aromatic heterocycles. The van der Waals surface area contributed by atoms with Crippen LogP contribution in [-0.2, 0) is 22.2 Å². The third-order valence-corrected chi connectivity index (χ3v) is 5.15. The lowest BCUT2D eigenvalue weighted by molar-refractivity contribution is -0.0588. The van der Waals surface area contributed by atoms with Crippen LogP contribution in [0.25, 0.3) is 0 Å². The van der Waals surface area contributed by atoms with Gasteiger partial charge in [0.2, 0.25) is 5.78 Å². The molecule has 0 saturated carbocycles. The van der Waals surface area contributed by atoms with E-state index in [4.69, 9.17) is 9.84 Å². The number of benzene rings is 1. The molecule has 2 heterocycles. The van der Waals surface area contributed by atoms with E-state index in [0.29, 0.717) is 6.61 Å². The Kier molecular flexibility index (Phi) is 4.64. The van der Waals surface area contributed by atoms with Crippen molar-refractivity contribution in [2.24, 2.45) is 0 Å². The topological polar surface area (TPSA) is 89.4 Å². The number of aromatic nitrogens is 2. The normalized spacial score (nSPS) is 17.2. The van der Waals surface area contributed by atoms with Gasteiger partial charge in [0.05, 0.1) is 17.8 Å².